The van der Waals surface area contributed by atoms with Crippen LogP contribution in [0.25, 0.3) is 0 Å². The summed E-state index contributed by atoms with van der Waals surface area (Å²) in [6.07, 6.45) is 2.64. The van der Waals surface area contributed by atoms with E-state index in [0.717, 1.165) is 19.5 Å². The SMILES string of the molecule is CCCNCCn1ncn(C)c1=O. The van der Waals surface area contributed by atoms with Gasteiger partial charge in [-0.05, 0) is 13.0 Å². The first-order chi connectivity index (χ1) is 6.25. The Morgan fingerprint density at radius 3 is 2.85 bits per heavy atom. The molecule has 0 spiro atoms. The van der Waals surface area contributed by atoms with Crippen molar-refractivity contribution < 1.29 is 0 Å². The fourth-order valence-electron chi connectivity index (χ4n) is 1.06. The maximum Gasteiger partial charge on any atom is 0.345 e. The van der Waals surface area contributed by atoms with Crippen molar-refractivity contribution in [3.63, 3.8) is 0 Å². The highest BCUT2D eigenvalue weighted by molar-refractivity contribution is 4.65. The number of hydrogen-bond acceptors (Lipinski definition) is 3. The summed E-state index contributed by atoms with van der Waals surface area (Å²) in [5.41, 5.74) is -0.0571. The van der Waals surface area contributed by atoms with Crippen molar-refractivity contribution in [2.75, 3.05) is 13.1 Å². The van der Waals surface area contributed by atoms with Gasteiger partial charge in [0.05, 0.1) is 6.54 Å². The number of aryl methyl sites for hydroxylation is 1. The van der Waals surface area contributed by atoms with Crippen LogP contribution >= 0.6 is 0 Å². The van der Waals surface area contributed by atoms with E-state index >= 15 is 0 Å². The van der Waals surface area contributed by atoms with E-state index in [0.29, 0.717) is 6.54 Å². The third-order valence-corrected chi connectivity index (χ3v) is 1.81. The van der Waals surface area contributed by atoms with Crippen molar-refractivity contribution in [3.05, 3.63) is 16.8 Å². The zero-order valence-electron chi connectivity index (χ0n) is 8.16. The fourth-order valence-corrected chi connectivity index (χ4v) is 1.06. The standard InChI is InChI=1S/C8H16N4O/c1-3-4-9-5-6-12-8(13)11(2)7-10-12/h7,9H,3-6H2,1-2H3. The van der Waals surface area contributed by atoms with Crippen LogP contribution in [0, 0.1) is 0 Å². The highest BCUT2D eigenvalue weighted by Gasteiger charge is 1.99. The Balaban J connectivity index is 2.37. The molecule has 0 unspecified atom stereocenters. The first-order valence-corrected chi connectivity index (χ1v) is 4.55. The molecule has 0 aliphatic heterocycles. The Morgan fingerprint density at radius 2 is 2.31 bits per heavy atom. The Bertz CT molecular complexity index is 301. The molecule has 1 heterocycles. The fraction of sp³-hybridized carbons (Fsp3) is 0.750. The Hall–Kier alpha value is -1.10. The van der Waals surface area contributed by atoms with E-state index in [4.69, 9.17) is 0 Å². The molecular weight excluding hydrogens is 168 g/mol. The molecule has 1 aromatic heterocycles. The van der Waals surface area contributed by atoms with Gasteiger partial charge in [0.25, 0.3) is 0 Å². The van der Waals surface area contributed by atoms with Gasteiger partial charge < -0.3 is 5.32 Å². The van der Waals surface area contributed by atoms with Gasteiger partial charge in [0.15, 0.2) is 0 Å². The lowest BCUT2D eigenvalue weighted by atomic mass is 10.5. The van der Waals surface area contributed by atoms with E-state index in [1.165, 1.54) is 15.6 Å². The molecule has 0 radical (unpaired) electrons. The van der Waals surface area contributed by atoms with Crippen LogP contribution in [-0.4, -0.2) is 27.4 Å². The van der Waals surface area contributed by atoms with Crippen LogP contribution in [0.4, 0.5) is 0 Å². The van der Waals surface area contributed by atoms with Gasteiger partial charge in [-0.25, -0.2) is 9.48 Å². The third kappa shape index (κ3) is 2.69. The molecule has 0 atom stereocenters. The lowest BCUT2D eigenvalue weighted by Gasteiger charge is -2.01. The second-order valence-electron chi connectivity index (χ2n) is 3.00. The van der Waals surface area contributed by atoms with E-state index in [-0.39, 0.29) is 5.69 Å². The van der Waals surface area contributed by atoms with Gasteiger partial charge in [0.1, 0.15) is 6.33 Å². The van der Waals surface area contributed by atoms with Gasteiger partial charge in [-0.2, -0.15) is 5.10 Å². The molecule has 1 N–H and O–H groups in total. The van der Waals surface area contributed by atoms with Crippen LogP contribution < -0.4 is 11.0 Å². The first-order valence-electron chi connectivity index (χ1n) is 4.55. The van der Waals surface area contributed by atoms with Crippen molar-refractivity contribution in [1.29, 1.82) is 0 Å². The molecule has 0 saturated carbocycles. The molecule has 5 heteroatoms. The summed E-state index contributed by atoms with van der Waals surface area (Å²) >= 11 is 0. The minimum absolute atomic E-state index is 0.0571. The summed E-state index contributed by atoms with van der Waals surface area (Å²) in [6, 6.07) is 0. The van der Waals surface area contributed by atoms with Crippen molar-refractivity contribution in [2.45, 2.75) is 19.9 Å². The number of rotatable bonds is 5. The average Bonchev–Trinajstić information content (AvgIpc) is 2.43. The van der Waals surface area contributed by atoms with Crippen LogP contribution in [0.2, 0.25) is 0 Å². The number of hydrogen-bond donors (Lipinski definition) is 1. The lowest BCUT2D eigenvalue weighted by Crippen LogP contribution is -2.28. The zero-order chi connectivity index (χ0) is 9.68. The van der Waals surface area contributed by atoms with Gasteiger partial charge in [-0.3, -0.25) is 4.57 Å². The van der Waals surface area contributed by atoms with Gasteiger partial charge >= 0.3 is 5.69 Å². The molecular formula is C8H16N4O. The van der Waals surface area contributed by atoms with E-state index in [2.05, 4.69) is 17.3 Å². The lowest BCUT2D eigenvalue weighted by molar-refractivity contribution is 0.536. The van der Waals surface area contributed by atoms with Crippen molar-refractivity contribution in [1.82, 2.24) is 19.7 Å². The highest BCUT2D eigenvalue weighted by Crippen LogP contribution is 1.76. The van der Waals surface area contributed by atoms with E-state index in [1.54, 1.807) is 7.05 Å². The van der Waals surface area contributed by atoms with Crippen LogP contribution in [-0.2, 0) is 13.6 Å². The van der Waals surface area contributed by atoms with Crippen LogP contribution in [0.3, 0.4) is 0 Å². The molecule has 0 aromatic carbocycles. The van der Waals surface area contributed by atoms with Crippen LogP contribution in [0.5, 0.6) is 0 Å². The minimum Gasteiger partial charge on any atom is -0.315 e. The molecule has 0 aliphatic rings. The molecule has 0 fully saturated rings. The van der Waals surface area contributed by atoms with Gasteiger partial charge in [-0.1, -0.05) is 6.92 Å². The monoisotopic (exact) mass is 184 g/mol. The van der Waals surface area contributed by atoms with Crippen LogP contribution in [0.1, 0.15) is 13.3 Å². The molecule has 1 rings (SSSR count). The summed E-state index contributed by atoms with van der Waals surface area (Å²) in [5, 5.41) is 7.15. The molecule has 13 heavy (non-hydrogen) atoms. The van der Waals surface area contributed by atoms with E-state index in [1.807, 2.05) is 0 Å². The maximum atomic E-state index is 11.3. The Kier molecular flexibility index (Phi) is 3.70. The van der Waals surface area contributed by atoms with Gasteiger partial charge in [-0.15, -0.1) is 0 Å². The van der Waals surface area contributed by atoms with Gasteiger partial charge in [0.2, 0.25) is 0 Å². The van der Waals surface area contributed by atoms with Crippen molar-refractivity contribution in [2.24, 2.45) is 7.05 Å². The molecule has 1 aromatic rings. The number of aromatic nitrogens is 3. The summed E-state index contributed by atoms with van der Waals surface area (Å²) < 4.78 is 2.93. The summed E-state index contributed by atoms with van der Waals surface area (Å²) in [7, 11) is 1.70. The highest BCUT2D eigenvalue weighted by atomic mass is 16.2. The molecule has 5 nitrogen and oxygen atoms in total. The molecule has 0 bridgehead atoms. The number of nitrogens with zero attached hydrogens (tertiary/aromatic N) is 3. The predicted molar refractivity (Wildman–Crippen MR) is 50.6 cm³/mol. The van der Waals surface area contributed by atoms with Crippen molar-refractivity contribution in [3.8, 4) is 0 Å². The summed E-state index contributed by atoms with van der Waals surface area (Å²) in [6.45, 7) is 4.53. The third-order valence-electron chi connectivity index (χ3n) is 1.81. The molecule has 0 saturated heterocycles. The van der Waals surface area contributed by atoms with Crippen LogP contribution in [0.15, 0.2) is 11.1 Å². The molecule has 0 amide bonds. The van der Waals surface area contributed by atoms with Gasteiger partial charge in [0, 0.05) is 13.6 Å². The zero-order valence-corrected chi connectivity index (χ0v) is 8.16. The van der Waals surface area contributed by atoms with Crippen molar-refractivity contribution >= 4 is 0 Å². The van der Waals surface area contributed by atoms with E-state index in [9.17, 15) is 4.79 Å². The average molecular weight is 184 g/mol. The smallest absolute Gasteiger partial charge is 0.315 e. The maximum absolute atomic E-state index is 11.3. The topological polar surface area (TPSA) is 51.9 Å². The normalized spacial score (nSPS) is 10.6. The summed E-state index contributed by atoms with van der Waals surface area (Å²) in [4.78, 5) is 11.3. The largest absolute Gasteiger partial charge is 0.345 e. The summed E-state index contributed by atoms with van der Waals surface area (Å²) in [5.74, 6) is 0. The quantitative estimate of drug-likeness (QED) is 0.632. The second-order valence-corrected chi connectivity index (χ2v) is 3.00. The Labute approximate surface area is 77.4 Å². The molecule has 74 valence electrons. The molecule has 0 aliphatic carbocycles. The first kappa shape index (κ1) is 9.98. The minimum atomic E-state index is -0.0571. The second kappa shape index (κ2) is 4.81. The Morgan fingerprint density at radius 1 is 1.54 bits per heavy atom. The van der Waals surface area contributed by atoms with E-state index < -0.39 is 0 Å². The predicted octanol–water partition coefficient (Wildman–Crippen LogP) is -0.419. The number of nitrogens with one attached hydrogen (secondary N) is 1.